The van der Waals surface area contributed by atoms with Crippen molar-refractivity contribution < 1.29 is 14.3 Å². The summed E-state index contributed by atoms with van der Waals surface area (Å²) in [6.07, 6.45) is 3.30. The zero-order valence-electron chi connectivity index (χ0n) is 14.0. The first kappa shape index (κ1) is 17.9. The summed E-state index contributed by atoms with van der Waals surface area (Å²) in [5, 5.41) is 4.73. The van der Waals surface area contributed by atoms with Crippen LogP contribution in [0.15, 0.2) is 29.4 Å². The molecule has 0 aliphatic heterocycles. The minimum absolute atomic E-state index is 0.373. The number of anilines is 1. The molecule has 24 heavy (non-hydrogen) atoms. The number of hydrogen-bond acceptors (Lipinski definition) is 7. The van der Waals surface area contributed by atoms with Crippen molar-refractivity contribution in [3.8, 4) is 5.75 Å². The van der Waals surface area contributed by atoms with Gasteiger partial charge in [0.2, 0.25) is 5.13 Å². The van der Waals surface area contributed by atoms with Crippen LogP contribution in [0.5, 0.6) is 5.75 Å². The third kappa shape index (κ3) is 4.79. The number of carbonyl (C=O) groups excluding carboxylic acids is 1. The smallest absolute Gasteiger partial charge is 0.350 e. The van der Waals surface area contributed by atoms with Gasteiger partial charge in [-0.05, 0) is 30.5 Å². The van der Waals surface area contributed by atoms with Crippen LogP contribution < -0.4 is 10.2 Å². The Morgan fingerprint density at radius 1 is 1.42 bits per heavy atom. The maximum absolute atomic E-state index is 11.7. The highest BCUT2D eigenvalue weighted by Crippen LogP contribution is 2.24. The lowest BCUT2D eigenvalue weighted by Gasteiger charge is -2.04. The predicted octanol–water partition coefficient (Wildman–Crippen LogP) is 3.73. The normalized spacial score (nSPS) is 10.8. The summed E-state index contributed by atoms with van der Waals surface area (Å²) < 4.78 is 10.4. The molecule has 0 amide bonds. The topological polar surface area (TPSA) is 72.8 Å². The summed E-state index contributed by atoms with van der Waals surface area (Å²) in [5.41, 5.74) is 4.48. The van der Waals surface area contributed by atoms with Gasteiger partial charge in [-0.15, -0.1) is 0 Å². The number of benzene rings is 1. The van der Waals surface area contributed by atoms with E-state index in [0.29, 0.717) is 28.7 Å². The molecule has 0 spiro atoms. The highest BCUT2D eigenvalue weighted by atomic mass is 32.1. The number of carbonyl (C=O) groups is 1. The van der Waals surface area contributed by atoms with Crippen molar-refractivity contribution in [3.05, 3.63) is 40.4 Å². The van der Waals surface area contributed by atoms with E-state index in [1.165, 1.54) is 18.4 Å². The molecular formula is C17H21N3O3S. The van der Waals surface area contributed by atoms with Crippen molar-refractivity contribution in [1.82, 2.24) is 4.98 Å². The number of methoxy groups -OCH3 is 1. The number of esters is 1. The number of rotatable bonds is 8. The van der Waals surface area contributed by atoms with Gasteiger partial charge in [-0.1, -0.05) is 37.3 Å². The fraction of sp³-hybridized carbons (Fsp3) is 0.353. The molecule has 128 valence electrons. The minimum atomic E-state index is -0.373. The van der Waals surface area contributed by atoms with E-state index in [1.807, 2.05) is 31.2 Å². The molecule has 0 aliphatic carbocycles. The molecule has 1 aromatic carbocycles. The Balaban J connectivity index is 2.04. The second-order valence-electron chi connectivity index (χ2n) is 4.93. The van der Waals surface area contributed by atoms with Gasteiger partial charge in [-0.25, -0.2) is 9.78 Å². The Hall–Kier alpha value is -2.41. The Morgan fingerprint density at radius 2 is 2.25 bits per heavy atom. The number of nitrogens with zero attached hydrogens (tertiary/aromatic N) is 2. The second-order valence-corrected chi connectivity index (χ2v) is 5.93. The lowest BCUT2D eigenvalue weighted by Crippen LogP contribution is -2.01. The van der Waals surface area contributed by atoms with E-state index in [4.69, 9.17) is 9.47 Å². The molecule has 1 aromatic heterocycles. The summed E-state index contributed by atoms with van der Waals surface area (Å²) in [6.45, 7) is 4.70. The zero-order valence-corrected chi connectivity index (χ0v) is 14.9. The maximum atomic E-state index is 11.7. The van der Waals surface area contributed by atoms with Gasteiger partial charge >= 0.3 is 5.97 Å². The molecule has 7 heteroatoms. The Morgan fingerprint density at radius 3 is 2.96 bits per heavy atom. The van der Waals surface area contributed by atoms with Gasteiger partial charge in [0, 0.05) is 0 Å². The molecule has 2 rings (SSSR count). The van der Waals surface area contributed by atoms with Crippen molar-refractivity contribution in [2.45, 2.75) is 26.7 Å². The molecule has 0 unspecified atom stereocenters. The SMILES string of the molecule is CCCOc1cccc(/C=N\Nc2nc(CC)c(C(=O)OC)s2)c1. The third-order valence-electron chi connectivity index (χ3n) is 3.11. The third-order valence-corrected chi connectivity index (χ3v) is 4.09. The highest BCUT2D eigenvalue weighted by Gasteiger charge is 2.17. The number of aromatic nitrogens is 1. The summed E-state index contributed by atoms with van der Waals surface area (Å²) in [6, 6.07) is 7.68. The standard InChI is InChI=1S/C17H21N3O3S/c1-4-9-23-13-8-6-7-12(10-13)11-18-20-17-19-14(5-2)15(24-17)16(21)22-3/h6-8,10-11H,4-5,9H2,1-3H3,(H,19,20)/b18-11-. The van der Waals surface area contributed by atoms with Crippen LogP contribution in [0.25, 0.3) is 0 Å². The fourth-order valence-corrected chi connectivity index (χ4v) is 2.88. The Labute approximate surface area is 145 Å². The van der Waals surface area contributed by atoms with Crippen LogP contribution in [0.2, 0.25) is 0 Å². The van der Waals surface area contributed by atoms with Crippen LogP contribution in [-0.2, 0) is 11.2 Å². The fourth-order valence-electron chi connectivity index (χ4n) is 1.96. The van der Waals surface area contributed by atoms with Gasteiger partial charge < -0.3 is 9.47 Å². The maximum Gasteiger partial charge on any atom is 0.350 e. The first-order valence-corrected chi connectivity index (χ1v) is 8.59. The van der Waals surface area contributed by atoms with Gasteiger partial charge in [-0.2, -0.15) is 5.10 Å². The van der Waals surface area contributed by atoms with E-state index in [0.717, 1.165) is 17.7 Å². The average molecular weight is 347 g/mol. The van der Waals surface area contributed by atoms with Crippen LogP contribution in [0, 0.1) is 0 Å². The summed E-state index contributed by atoms with van der Waals surface area (Å²) in [5.74, 6) is 0.443. The van der Waals surface area contributed by atoms with Crippen molar-refractivity contribution in [2.75, 3.05) is 19.1 Å². The van der Waals surface area contributed by atoms with Crippen LogP contribution in [-0.4, -0.2) is 30.9 Å². The number of thiazole rings is 1. The van der Waals surface area contributed by atoms with Crippen molar-refractivity contribution in [1.29, 1.82) is 0 Å². The molecule has 1 heterocycles. The van der Waals surface area contributed by atoms with Crippen LogP contribution in [0.4, 0.5) is 5.13 Å². The minimum Gasteiger partial charge on any atom is -0.494 e. The first-order valence-electron chi connectivity index (χ1n) is 7.77. The molecule has 1 N–H and O–H groups in total. The van der Waals surface area contributed by atoms with E-state index < -0.39 is 0 Å². The number of hydrogen-bond donors (Lipinski definition) is 1. The molecular weight excluding hydrogens is 326 g/mol. The average Bonchev–Trinajstić information content (AvgIpc) is 3.03. The van der Waals surface area contributed by atoms with E-state index in [2.05, 4.69) is 22.4 Å². The van der Waals surface area contributed by atoms with Crippen LogP contribution >= 0.6 is 11.3 Å². The molecule has 0 radical (unpaired) electrons. The van der Waals surface area contributed by atoms with E-state index in [9.17, 15) is 4.79 Å². The summed E-state index contributed by atoms with van der Waals surface area (Å²) >= 11 is 1.23. The molecule has 6 nitrogen and oxygen atoms in total. The van der Waals surface area contributed by atoms with Crippen molar-refractivity contribution >= 4 is 28.7 Å². The Bertz CT molecular complexity index is 713. The van der Waals surface area contributed by atoms with Crippen LogP contribution in [0.3, 0.4) is 0 Å². The first-order chi connectivity index (χ1) is 11.7. The lowest BCUT2D eigenvalue weighted by atomic mass is 10.2. The zero-order chi connectivity index (χ0) is 17.4. The van der Waals surface area contributed by atoms with E-state index >= 15 is 0 Å². The lowest BCUT2D eigenvalue weighted by molar-refractivity contribution is 0.0605. The molecule has 0 aliphatic rings. The molecule has 0 saturated heterocycles. The Kier molecular flexibility index (Phi) is 6.74. The summed E-state index contributed by atoms with van der Waals surface area (Å²) in [4.78, 5) is 16.6. The number of nitrogens with one attached hydrogen (secondary N) is 1. The monoisotopic (exact) mass is 347 g/mol. The number of ether oxygens (including phenoxy) is 2. The van der Waals surface area contributed by atoms with E-state index in [1.54, 1.807) is 6.21 Å². The highest BCUT2D eigenvalue weighted by molar-refractivity contribution is 7.17. The number of hydrazone groups is 1. The second kappa shape index (κ2) is 9.02. The van der Waals surface area contributed by atoms with E-state index in [-0.39, 0.29) is 5.97 Å². The molecule has 0 bridgehead atoms. The van der Waals surface area contributed by atoms with Gasteiger partial charge in [0.05, 0.1) is 25.6 Å². The van der Waals surface area contributed by atoms with Crippen molar-refractivity contribution in [3.63, 3.8) is 0 Å². The predicted molar refractivity (Wildman–Crippen MR) is 96.3 cm³/mol. The molecule has 2 aromatic rings. The summed E-state index contributed by atoms with van der Waals surface area (Å²) in [7, 11) is 1.36. The molecule has 0 atom stereocenters. The molecule has 0 fully saturated rings. The molecule has 0 saturated carbocycles. The number of aryl methyl sites for hydroxylation is 1. The van der Waals surface area contributed by atoms with Crippen LogP contribution in [0.1, 0.15) is 41.2 Å². The quantitative estimate of drug-likeness (QED) is 0.447. The van der Waals surface area contributed by atoms with Gasteiger partial charge in [-0.3, -0.25) is 5.43 Å². The van der Waals surface area contributed by atoms with Gasteiger partial charge in [0.15, 0.2) is 0 Å². The van der Waals surface area contributed by atoms with Gasteiger partial charge in [0.25, 0.3) is 0 Å². The largest absolute Gasteiger partial charge is 0.494 e. The van der Waals surface area contributed by atoms with Gasteiger partial charge in [0.1, 0.15) is 10.6 Å². The van der Waals surface area contributed by atoms with Crippen molar-refractivity contribution in [2.24, 2.45) is 5.10 Å².